The van der Waals surface area contributed by atoms with Crippen molar-refractivity contribution in [1.82, 2.24) is 4.98 Å². The molecule has 0 aliphatic rings. The monoisotopic (exact) mass is 284 g/mol. The Bertz CT molecular complexity index is 1080. The molecule has 0 bridgehead atoms. The highest BCUT2D eigenvalue weighted by Crippen LogP contribution is 2.35. The van der Waals surface area contributed by atoms with Crippen molar-refractivity contribution in [2.75, 3.05) is 0 Å². The van der Waals surface area contributed by atoms with Crippen molar-refractivity contribution in [3.63, 3.8) is 0 Å². The van der Waals surface area contributed by atoms with Gasteiger partial charge < -0.3 is 5.41 Å². The third kappa shape index (κ3) is 2.06. The van der Waals surface area contributed by atoms with Gasteiger partial charge in [0.05, 0.1) is 9.82 Å². The van der Waals surface area contributed by atoms with E-state index in [4.69, 9.17) is 13.6 Å². The van der Waals surface area contributed by atoms with Crippen LogP contribution in [0.3, 0.4) is 0 Å². The number of nitrogens with zero attached hydrogens (tertiary/aromatic N) is 1. The average molecular weight is 284 g/mol. The van der Waals surface area contributed by atoms with E-state index in [1.54, 1.807) is 18.2 Å². The molecule has 0 saturated heterocycles. The van der Waals surface area contributed by atoms with Crippen molar-refractivity contribution < 1.29 is 8.22 Å². The maximum atomic E-state index is 8.28. The first-order valence-corrected chi connectivity index (χ1v) is 6.70. The molecule has 3 rings (SSSR count). The van der Waals surface area contributed by atoms with Gasteiger partial charge in [-0.05, 0) is 25.0 Å². The summed E-state index contributed by atoms with van der Waals surface area (Å²) in [7, 11) is 0. The molecular formula is C17H14N2S. The maximum absolute atomic E-state index is 8.28. The van der Waals surface area contributed by atoms with Crippen LogP contribution in [0.1, 0.15) is 19.5 Å². The molecule has 0 aliphatic heterocycles. The van der Waals surface area contributed by atoms with E-state index in [2.05, 4.69) is 4.98 Å². The van der Waals surface area contributed by atoms with Crippen LogP contribution in [-0.2, 0) is 0 Å². The highest BCUT2D eigenvalue weighted by molar-refractivity contribution is 7.25. The standard InChI is InChI=1S/C17H14N2S/c1-3-4-8-15(18)14-7-5-6-12-13-10-9-11(2)19-17(13)20-16(12)14/h3-10,18H,1H2,2H3/b8-4-,18-15?/i1D,2D3,4D,8D/b3-1?,8-4-,18-15?. The van der Waals surface area contributed by atoms with Crippen molar-refractivity contribution in [2.45, 2.75) is 6.85 Å². The van der Waals surface area contributed by atoms with E-state index in [1.807, 2.05) is 6.07 Å². The number of allylic oxidation sites excluding steroid dienone is 3. The minimum Gasteiger partial charge on any atom is -0.300 e. The predicted octanol–water partition coefficient (Wildman–Crippen LogP) is 4.87. The van der Waals surface area contributed by atoms with Crippen molar-refractivity contribution >= 4 is 37.4 Å². The first-order chi connectivity index (χ1) is 12.2. The van der Waals surface area contributed by atoms with Gasteiger partial charge in [-0.25, -0.2) is 4.98 Å². The van der Waals surface area contributed by atoms with Gasteiger partial charge in [-0.1, -0.05) is 36.9 Å². The first-order valence-electron chi connectivity index (χ1n) is 8.96. The molecule has 2 heterocycles. The summed E-state index contributed by atoms with van der Waals surface area (Å²) in [4.78, 5) is 4.80. The fourth-order valence-electron chi connectivity index (χ4n) is 2.06. The van der Waals surface area contributed by atoms with Gasteiger partial charge in [-0.2, -0.15) is 0 Å². The van der Waals surface area contributed by atoms with Crippen LogP contribution in [0.2, 0.25) is 0 Å². The van der Waals surface area contributed by atoms with Gasteiger partial charge in [0.25, 0.3) is 0 Å². The molecule has 1 N–H and O–H groups in total. The maximum Gasteiger partial charge on any atom is 0.124 e. The molecule has 0 saturated carbocycles. The molecule has 2 nitrogen and oxygen atoms in total. The van der Waals surface area contributed by atoms with Crippen LogP contribution in [0, 0.1) is 12.3 Å². The Hall–Kier alpha value is -2.26. The summed E-state index contributed by atoms with van der Waals surface area (Å²) in [5.74, 6) is 0. The van der Waals surface area contributed by atoms with Crippen LogP contribution in [0.5, 0.6) is 0 Å². The van der Waals surface area contributed by atoms with Crippen molar-refractivity contribution in [3.8, 4) is 0 Å². The van der Waals surface area contributed by atoms with Gasteiger partial charge in [0, 0.05) is 30.8 Å². The zero-order valence-electron chi connectivity index (χ0n) is 16.4. The normalized spacial score (nSPS) is 18.0. The van der Waals surface area contributed by atoms with Crippen molar-refractivity contribution in [2.24, 2.45) is 0 Å². The third-order valence-corrected chi connectivity index (χ3v) is 4.06. The molecule has 3 heteroatoms. The Kier molecular flexibility index (Phi) is 1.88. The van der Waals surface area contributed by atoms with Gasteiger partial charge in [-0.15, -0.1) is 11.3 Å². The fourth-order valence-corrected chi connectivity index (χ4v) is 3.25. The van der Waals surface area contributed by atoms with E-state index in [-0.39, 0.29) is 23.5 Å². The summed E-state index contributed by atoms with van der Waals surface area (Å²) in [6, 6.07) is 8.01. The predicted molar refractivity (Wildman–Crippen MR) is 88.0 cm³/mol. The van der Waals surface area contributed by atoms with E-state index in [0.717, 1.165) is 28.1 Å². The summed E-state index contributed by atoms with van der Waals surface area (Å²) in [6.45, 7) is -1.38. The quantitative estimate of drug-likeness (QED) is 0.540. The van der Waals surface area contributed by atoms with E-state index in [1.165, 1.54) is 17.4 Å². The zero-order valence-corrected chi connectivity index (χ0v) is 11.2. The molecule has 20 heavy (non-hydrogen) atoms. The number of pyridine rings is 1. The number of nitrogens with one attached hydrogen (secondary N) is 1. The second-order valence-electron chi connectivity index (χ2n) is 4.14. The Labute approximate surface area is 130 Å². The van der Waals surface area contributed by atoms with Gasteiger partial charge in [0.2, 0.25) is 0 Å². The molecule has 0 spiro atoms. The van der Waals surface area contributed by atoms with Crippen molar-refractivity contribution in [3.05, 3.63) is 66.3 Å². The number of benzene rings is 1. The molecule has 0 atom stereocenters. The van der Waals surface area contributed by atoms with Crippen LogP contribution >= 0.6 is 11.3 Å². The van der Waals surface area contributed by atoms with E-state index in [9.17, 15) is 0 Å². The lowest BCUT2D eigenvalue weighted by molar-refractivity contribution is 1.27. The van der Waals surface area contributed by atoms with Crippen LogP contribution in [-0.4, -0.2) is 10.7 Å². The Morgan fingerprint density at radius 3 is 3.25 bits per heavy atom. The number of fused-ring (bicyclic) bond motifs is 3. The lowest BCUT2D eigenvalue weighted by atomic mass is 10.1. The van der Waals surface area contributed by atoms with E-state index >= 15 is 0 Å². The fraction of sp³-hybridized carbons (Fsp3) is 0.0588. The first kappa shape index (κ1) is 7.50. The Morgan fingerprint density at radius 1 is 1.45 bits per heavy atom. The second kappa shape index (κ2) is 5.02. The number of rotatable bonds is 3. The van der Waals surface area contributed by atoms with Crippen LogP contribution in [0.4, 0.5) is 0 Å². The summed E-state index contributed by atoms with van der Waals surface area (Å²) >= 11 is 1.27. The lowest BCUT2D eigenvalue weighted by Gasteiger charge is -2.00. The van der Waals surface area contributed by atoms with Crippen LogP contribution in [0.15, 0.2) is 55.1 Å². The molecule has 0 aliphatic carbocycles. The molecule has 1 aromatic carbocycles. The van der Waals surface area contributed by atoms with Crippen LogP contribution < -0.4 is 0 Å². The number of hydrogen-bond acceptors (Lipinski definition) is 3. The zero-order chi connectivity index (χ0) is 19.1. The molecule has 98 valence electrons. The van der Waals surface area contributed by atoms with Crippen LogP contribution in [0.25, 0.3) is 20.3 Å². The van der Waals surface area contributed by atoms with Gasteiger partial charge >= 0.3 is 0 Å². The number of aryl methyl sites for hydroxylation is 1. The Morgan fingerprint density at radius 2 is 2.40 bits per heavy atom. The molecule has 0 fully saturated rings. The van der Waals surface area contributed by atoms with Gasteiger partial charge in [-0.3, -0.25) is 0 Å². The largest absolute Gasteiger partial charge is 0.300 e. The smallest absolute Gasteiger partial charge is 0.124 e. The highest BCUT2D eigenvalue weighted by Gasteiger charge is 2.11. The molecule has 0 unspecified atom stereocenters. The SMILES string of the molecule is [2H]C=C/C([2H])=C(/[2H])C(=N)c1cccc2c1sc1nc(C([2H])([2H])[2H])ccc12. The minimum atomic E-state index is -2.29. The summed E-state index contributed by atoms with van der Waals surface area (Å²) < 4.78 is 46.0. The summed E-state index contributed by atoms with van der Waals surface area (Å²) in [6.07, 6.45) is 1.14. The highest BCUT2D eigenvalue weighted by atomic mass is 32.1. The molecule has 0 amide bonds. The minimum absolute atomic E-state index is 0.0169. The number of aromatic nitrogens is 1. The molecular weight excluding hydrogens is 264 g/mol. The third-order valence-electron chi connectivity index (χ3n) is 2.91. The lowest BCUT2D eigenvalue weighted by Crippen LogP contribution is -1.93. The van der Waals surface area contributed by atoms with E-state index < -0.39 is 6.85 Å². The van der Waals surface area contributed by atoms with Gasteiger partial charge in [0.15, 0.2) is 0 Å². The topological polar surface area (TPSA) is 36.7 Å². The van der Waals surface area contributed by atoms with Crippen molar-refractivity contribution in [1.29, 1.82) is 5.41 Å². The summed E-state index contributed by atoms with van der Waals surface area (Å²) in [5.41, 5.74) is 0.374. The van der Waals surface area contributed by atoms with Gasteiger partial charge in [0.1, 0.15) is 4.83 Å². The number of hydrogen-bond donors (Lipinski definition) is 1. The Balaban J connectivity index is 2.22. The second-order valence-corrected chi connectivity index (χ2v) is 5.14. The molecule has 3 aromatic rings. The molecule has 0 radical (unpaired) electrons. The summed E-state index contributed by atoms with van der Waals surface area (Å²) in [5, 5.41) is 9.90. The molecule has 2 aromatic heterocycles. The number of thiophene rings is 1. The average Bonchev–Trinajstić information content (AvgIpc) is 2.97. The van der Waals surface area contributed by atoms with E-state index in [0.29, 0.717) is 10.4 Å².